The second kappa shape index (κ2) is 2.51. The molecule has 0 fully saturated rings. The molecule has 0 saturated heterocycles. The van der Waals surface area contributed by atoms with E-state index in [-0.39, 0.29) is 5.75 Å². The minimum Gasteiger partial charge on any atom is -0.290 e. The molecular formula is C8H8ClO. The Morgan fingerprint density at radius 2 is 1.60 bits per heavy atom. The number of hydrogen-bond donors (Lipinski definition) is 0. The quantitative estimate of drug-likeness (QED) is 0.549. The molecule has 0 aliphatic carbocycles. The van der Waals surface area contributed by atoms with E-state index >= 15 is 0 Å². The van der Waals surface area contributed by atoms with Gasteiger partial charge < -0.3 is 0 Å². The van der Waals surface area contributed by atoms with Crippen molar-refractivity contribution < 1.29 is 5.11 Å². The molecule has 0 atom stereocenters. The topological polar surface area (TPSA) is 19.9 Å². The molecule has 0 heterocycles. The summed E-state index contributed by atoms with van der Waals surface area (Å²) in [6, 6.07) is 3.07. The third-order valence-corrected chi connectivity index (χ3v) is 2.01. The second-order valence-electron chi connectivity index (χ2n) is 2.37. The predicted molar refractivity (Wildman–Crippen MR) is 41.1 cm³/mol. The van der Waals surface area contributed by atoms with Gasteiger partial charge in [0.05, 0.1) is 0 Å². The summed E-state index contributed by atoms with van der Waals surface area (Å²) in [6.45, 7) is 3.66. The molecule has 0 aliphatic heterocycles. The number of rotatable bonds is 0. The first-order chi connectivity index (χ1) is 4.61. The molecule has 1 aromatic carbocycles. The minimum absolute atomic E-state index is 0.0272. The summed E-state index contributed by atoms with van der Waals surface area (Å²) in [5, 5.41) is 11.5. The van der Waals surface area contributed by atoms with E-state index in [0.717, 1.165) is 11.1 Å². The van der Waals surface area contributed by atoms with Crippen LogP contribution in [0.3, 0.4) is 0 Å². The van der Waals surface area contributed by atoms with Crippen molar-refractivity contribution in [2.45, 2.75) is 13.8 Å². The molecule has 0 bridgehead atoms. The normalized spacial score (nSPS) is 9.90. The van der Waals surface area contributed by atoms with Crippen LogP contribution in [-0.2, 0) is 5.11 Å². The summed E-state index contributed by atoms with van der Waals surface area (Å²) in [5.41, 5.74) is 1.71. The molecule has 0 aromatic heterocycles. The summed E-state index contributed by atoms with van der Waals surface area (Å²) in [7, 11) is 0. The minimum atomic E-state index is 0.0272. The first-order valence-electron chi connectivity index (χ1n) is 3.05. The lowest BCUT2D eigenvalue weighted by Crippen LogP contribution is -1.78. The van der Waals surface area contributed by atoms with Gasteiger partial charge in [0.25, 0.3) is 0 Å². The van der Waals surface area contributed by atoms with Gasteiger partial charge in [-0.05, 0) is 37.1 Å². The third-order valence-electron chi connectivity index (χ3n) is 1.41. The number of halogens is 1. The Morgan fingerprint density at radius 1 is 1.20 bits per heavy atom. The molecule has 1 rings (SSSR count). The zero-order valence-corrected chi connectivity index (χ0v) is 6.70. The van der Waals surface area contributed by atoms with E-state index in [9.17, 15) is 5.11 Å². The Hall–Kier alpha value is -0.690. The van der Waals surface area contributed by atoms with E-state index < -0.39 is 0 Å². The maximum Gasteiger partial charge on any atom is 0.179 e. The standard InChI is InChI=1S/C8H8ClO/c1-5-3-7(10)4-6(2)8(5)9/h3-4H,1-2H3. The van der Waals surface area contributed by atoms with Gasteiger partial charge in [0, 0.05) is 5.02 Å². The molecule has 10 heavy (non-hydrogen) atoms. The number of benzene rings is 1. The lowest BCUT2D eigenvalue weighted by Gasteiger charge is -2.00. The van der Waals surface area contributed by atoms with Gasteiger partial charge in [0.2, 0.25) is 0 Å². The van der Waals surface area contributed by atoms with Crippen molar-refractivity contribution in [3.63, 3.8) is 0 Å². The molecular weight excluding hydrogens is 148 g/mol. The Kier molecular flexibility index (Phi) is 1.86. The molecule has 1 radical (unpaired) electrons. The van der Waals surface area contributed by atoms with Gasteiger partial charge in [-0.2, -0.15) is 0 Å². The Morgan fingerprint density at radius 3 is 2.00 bits per heavy atom. The first kappa shape index (κ1) is 7.42. The molecule has 1 aromatic rings. The monoisotopic (exact) mass is 155 g/mol. The van der Waals surface area contributed by atoms with E-state index in [0.29, 0.717) is 5.02 Å². The smallest absolute Gasteiger partial charge is 0.179 e. The molecule has 0 amide bonds. The van der Waals surface area contributed by atoms with Gasteiger partial charge in [-0.25, -0.2) is 0 Å². The molecule has 2 heteroatoms. The van der Waals surface area contributed by atoms with Gasteiger partial charge in [-0.15, -0.1) is 0 Å². The highest BCUT2D eigenvalue weighted by atomic mass is 35.5. The van der Waals surface area contributed by atoms with E-state index in [2.05, 4.69) is 0 Å². The maximum atomic E-state index is 10.8. The maximum absolute atomic E-state index is 10.8. The molecule has 0 unspecified atom stereocenters. The highest BCUT2D eigenvalue weighted by molar-refractivity contribution is 6.32. The van der Waals surface area contributed by atoms with Gasteiger partial charge in [0.15, 0.2) is 5.75 Å². The van der Waals surface area contributed by atoms with E-state index in [4.69, 9.17) is 11.6 Å². The highest BCUT2D eigenvalue weighted by Gasteiger charge is 2.01. The Balaban J connectivity index is 3.31. The van der Waals surface area contributed by atoms with Crippen LogP contribution < -0.4 is 0 Å². The van der Waals surface area contributed by atoms with Gasteiger partial charge >= 0.3 is 0 Å². The SMILES string of the molecule is Cc1cc([O])cc(C)c1Cl. The Bertz CT molecular complexity index is 232. The molecule has 0 N–H and O–H groups in total. The van der Waals surface area contributed by atoms with Crippen molar-refractivity contribution in [1.82, 2.24) is 0 Å². The molecule has 0 saturated carbocycles. The largest absolute Gasteiger partial charge is 0.290 e. The van der Waals surface area contributed by atoms with Crippen LogP contribution in [0.25, 0.3) is 0 Å². The van der Waals surface area contributed by atoms with Crippen molar-refractivity contribution in [3.8, 4) is 5.75 Å². The van der Waals surface area contributed by atoms with Crippen LogP contribution in [0.4, 0.5) is 0 Å². The van der Waals surface area contributed by atoms with Crippen molar-refractivity contribution >= 4 is 11.6 Å². The molecule has 0 aliphatic rings. The molecule has 53 valence electrons. The van der Waals surface area contributed by atoms with E-state index in [1.165, 1.54) is 12.1 Å². The first-order valence-corrected chi connectivity index (χ1v) is 3.43. The highest BCUT2D eigenvalue weighted by Crippen LogP contribution is 2.24. The summed E-state index contributed by atoms with van der Waals surface area (Å²) in [4.78, 5) is 0. The van der Waals surface area contributed by atoms with Crippen LogP contribution >= 0.6 is 11.6 Å². The Labute approximate surface area is 65.3 Å². The summed E-state index contributed by atoms with van der Waals surface area (Å²) in [5.74, 6) is 0.0272. The number of aryl methyl sites for hydroxylation is 2. The van der Waals surface area contributed by atoms with Gasteiger partial charge in [0.1, 0.15) is 0 Å². The summed E-state index contributed by atoms with van der Waals surface area (Å²) >= 11 is 5.81. The van der Waals surface area contributed by atoms with E-state index in [1.54, 1.807) is 0 Å². The summed E-state index contributed by atoms with van der Waals surface area (Å²) in [6.07, 6.45) is 0. The van der Waals surface area contributed by atoms with E-state index in [1.807, 2.05) is 13.8 Å². The zero-order valence-electron chi connectivity index (χ0n) is 5.94. The third kappa shape index (κ3) is 1.24. The van der Waals surface area contributed by atoms with Crippen LogP contribution in [-0.4, -0.2) is 0 Å². The fourth-order valence-electron chi connectivity index (χ4n) is 0.906. The van der Waals surface area contributed by atoms with Crippen LogP contribution in [0.2, 0.25) is 5.02 Å². The van der Waals surface area contributed by atoms with Crippen molar-refractivity contribution in [1.29, 1.82) is 0 Å². The zero-order chi connectivity index (χ0) is 7.72. The lowest BCUT2D eigenvalue weighted by atomic mass is 10.1. The van der Waals surface area contributed by atoms with Crippen LogP contribution in [0.5, 0.6) is 5.75 Å². The average Bonchev–Trinajstić information content (AvgIpc) is 1.82. The van der Waals surface area contributed by atoms with Gasteiger partial charge in [-0.1, -0.05) is 11.6 Å². The second-order valence-corrected chi connectivity index (χ2v) is 2.75. The van der Waals surface area contributed by atoms with Crippen LogP contribution in [0, 0.1) is 13.8 Å². The summed E-state index contributed by atoms with van der Waals surface area (Å²) < 4.78 is 0. The fourth-order valence-corrected chi connectivity index (χ4v) is 1.02. The fraction of sp³-hybridized carbons (Fsp3) is 0.250. The molecule has 1 nitrogen and oxygen atoms in total. The molecule has 0 spiro atoms. The van der Waals surface area contributed by atoms with Crippen LogP contribution in [0.1, 0.15) is 11.1 Å². The predicted octanol–water partition coefficient (Wildman–Crippen LogP) is 3.10. The number of hydrogen-bond acceptors (Lipinski definition) is 0. The van der Waals surface area contributed by atoms with Crippen molar-refractivity contribution in [2.75, 3.05) is 0 Å². The van der Waals surface area contributed by atoms with Crippen molar-refractivity contribution in [2.24, 2.45) is 0 Å². The van der Waals surface area contributed by atoms with Crippen LogP contribution in [0.15, 0.2) is 12.1 Å². The van der Waals surface area contributed by atoms with Crippen molar-refractivity contribution in [3.05, 3.63) is 28.3 Å². The lowest BCUT2D eigenvalue weighted by molar-refractivity contribution is 0.354. The average molecular weight is 156 g/mol. The van der Waals surface area contributed by atoms with Gasteiger partial charge in [-0.3, -0.25) is 5.11 Å².